The van der Waals surface area contributed by atoms with Crippen LogP contribution in [0.5, 0.6) is 0 Å². The molecule has 1 aliphatic rings. The third-order valence-electron chi connectivity index (χ3n) is 1.57. The van der Waals surface area contributed by atoms with E-state index in [-0.39, 0.29) is 12.5 Å². The van der Waals surface area contributed by atoms with Crippen LogP contribution in [0.4, 0.5) is 0 Å². The number of likely N-dealkylation sites (N-methyl/N-ethyl adjacent to an activating group) is 1. The molecule has 6 nitrogen and oxygen atoms in total. The van der Waals surface area contributed by atoms with Gasteiger partial charge in [-0.15, -0.1) is 0 Å². The maximum atomic E-state index is 10.6. The third kappa shape index (κ3) is 1.53. The van der Waals surface area contributed by atoms with Crippen LogP contribution < -0.4 is 0 Å². The van der Waals surface area contributed by atoms with Crippen molar-refractivity contribution in [1.29, 1.82) is 5.41 Å². The van der Waals surface area contributed by atoms with Crippen LogP contribution >= 0.6 is 7.75 Å². The first-order chi connectivity index (χ1) is 4.93. The van der Waals surface area contributed by atoms with E-state index in [1.54, 1.807) is 7.05 Å². The van der Waals surface area contributed by atoms with Gasteiger partial charge in [-0.1, -0.05) is 0 Å². The minimum absolute atomic E-state index is 0.113. The van der Waals surface area contributed by atoms with Crippen molar-refractivity contribution in [2.75, 3.05) is 20.1 Å². The molecule has 0 saturated carbocycles. The molecule has 1 fully saturated rings. The molecule has 64 valence electrons. The molecule has 0 bridgehead atoms. The first kappa shape index (κ1) is 8.52. The van der Waals surface area contributed by atoms with Gasteiger partial charge in [-0.05, 0) is 0 Å². The highest BCUT2D eigenvalue weighted by Crippen LogP contribution is 2.41. The fourth-order valence-electron chi connectivity index (χ4n) is 0.907. The number of nitrogens with one attached hydrogen (secondary N) is 1. The Morgan fingerprint density at radius 3 is 2.27 bits per heavy atom. The topological polar surface area (TPSA) is 87.9 Å². The number of hydrogen-bond acceptors (Lipinski definition) is 2. The molecule has 0 aliphatic carbocycles. The molecule has 1 rings (SSSR count). The fraction of sp³-hybridized carbons (Fsp3) is 0.750. The molecule has 1 heterocycles. The summed E-state index contributed by atoms with van der Waals surface area (Å²) in [4.78, 5) is 18.8. The zero-order valence-electron chi connectivity index (χ0n) is 6.06. The summed E-state index contributed by atoms with van der Waals surface area (Å²) in [5, 5.41) is 7.23. The molecule has 0 aromatic rings. The number of hydrogen-bond donors (Lipinski definition) is 3. The Kier molecular flexibility index (Phi) is 1.92. The normalized spacial score (nSPS) is 19.7. The highest BCUT2D eigenvalue weighted by molar-refractivity contribution is 7.50. The fourth-order valence-corrected chi connectivity index (χ4v) is 1.66. The average molecular weight is 179 g/mol. The molecule has 0 aromatic carbocycles. The molecular formula is C4H10N3O3P. The van der Waals surface area contributed by atoms with Crippen molar-refractivity contribution < 1.29 is 14.4 Å². The summed E-state index contributed by atoms with van der Waals surface area (Å²) < 4.78 is 11.4. The van der Waals surface area contributed by atoms with Crippen LogP contribution in [0.25, 0.3) is 0 Å². The van der Waals surface area contributed by atoms with Gasteiger partial charge < -0.3 is 14.7 Å². The number of guanidine groups is 1. The van der Waals surface area contributed by atoms with Crippen LogP contribution in [-0.4, -0.2) is 45.5 Å². The zero-order chi connectivity index (χ0) is 8.65. The first-order valence-electron chi connectivity index (χ1n) is 3.06. The molecule has 1 saturated heterocycles. The summed E-state index contributed by atoms with van der Waals surface area (Å²) in [6.45, 7) is 0.712. The van der Waals surface area contributed by atoms with Crippen LogP contribution in [0, 0.1) is 5.41 Å². The average Bonchev–Trinajstić information content (AvgIpc) is 2.11. The summed E-state index contributed by atoms with van der Waals surface area (Å²) in [6.07, 6.45) is 0. The van der Waals surface area contributed by atoms with E-state index in [9.17, 15) is 4.57 Å². The summed E-state index contributed by atoms with van der Waals surface area (Å²) in [7, 11) is -2.62. The Bertz CT molecular complexity index is 225. The van der Waals surface area contributed by atoms with Crippen LogP contribution in [0.2, 0.25) is 0 Å². The van der Waals surface area contributed by atoms with Gasteiger partial charge in [-0.2, -0.15) is 0 Å². The van der Waals surface area contributed by atoms with Crippen molar-refractivity contribution in [3.8, 4) is 0 Å². The van der Waals surface area contributed by atoms with Crippen molar-refractivity contribution in [1.82, 2.24) is 9.57 Å². The molecule has 0 atom stereocenters. The lowest BCUT2D eigenvalue weighted by molar-refractivity contribution is 0.323. The maximum absolute atomic E-state index is 10.6. The second-order valence-electron chi connectivity index (χ2n) is 2.38. The van der Waals surface area contributed by atoms with Gasteiger partial charge in [0.15, 0.2) is 0 Å². The van der Waals surface area contributed by atoms with Crippen molar-refractivity contribution in [2.45, 2.75) is 0 Å². The lowest BCUT2D eigenvalue weighted by Gasteiger charge is -2.18. The molecule has 0 radical (unpaired) electrons. The monoisotopic (exact) mass is 179 g/mol. The highest BCUT2D eigenvalue weighted by Gasteiger charge is 2.34. The summed E-state index contributed by atoms with van der Waals surface area (Å²) in [5.41, 5.74) is 0. The molecule has 0 amide bonds. The molecule has 0 unspecified atom stereocenters. The van der Waals surface area contributed by atoms with E-state index in [0.717, 1.165) is 4.67 Å². The van der Waals surface area contributed by atoms with Gasteiger partial charge in [-0.3, -0.25) is 5.41 Å². The molecule has 0 spiro atoms. The summed E-state index contributed by atoms with van der Waals surface area (Å²) >= 11 is 0. The molecule has 7 heteroatoms. The second-order valence-corrected chi connectivity index (χ2v) is 3.89. The van der Waals surface area contributed by atoms with Gasteiger partial charge in [-0.25, -0.2) is 9.24 Å². The number of nitrogens with zero attached hydrogens (tertiary/aromatic N) is 2. The van der Waals surface area contributed by atoms with Crippen LogP contribution in [0.15, 0.2) is 0 Å². The Hall–Kier alpha value is -0.580. The zero-order valence-corrected chi connectivity index (χ0v) is 6.95. The van der Waals surface area contributed by atoms with E-state index in [2.05, 4.69) is 0 Å². The van der Waals surface area contributed by atoms with Crippen LogP contribution in [-0.2, 0) is 4.57 Å². The maximum Gasteiger partial charge on any atom is 0.432 e. The number of rotatable bonds is 1. The molecule has 1 aliphatic heterocycles. The van der Waals surface area contributed by atoms with E-state index < -0.39 is 7.75 Å². The predicted molar refractivity (Wildman–Crippen MR) is 39.1 cm³/mol. The van der Waals surface area contributed by atoms with Gasteiger partial charge in [0.05, 0.1) is 0 Å². The third-order valence-corrected chi connectivity index (χ3v) is 2.59. The van der Waals surface area contributed by atoms with E-state index in [1.807, 2.05) is 0 Å². The largest absolute Gasteiger partial charge is 0.432 e. The van der Waals surface area contributed by atoms with Crippen molar-refractivity contribution >= 4 is 13.7 Å². The highest BCUT2D eigenvalue weighted by atomic mass is 31.2. The lowest BCUT2D eigenvalue weighted by atomic mass is 10.7. The Labute approximate surface area is 64.1 Å². The van der Waals surface area contributed by atoms with Gasteiger partial charge in [0.2, 0.25) is 5.96 Å². The quantitative estimate of drug-likeness (QED) is 0.461. The van der Waals surface area contributed by atoms with E-state index in [0.29, 0.717) is 6.54 Å². The molecular weight excluding hydrogens is 169 g/mol. The van der Waals surface area contributed by atoms with E-state index in [1.165, 1.54) is 4.90 Å². The Morgan fingerprint density at radius 2 is 2.09 bits per heavy atom. The van der Waals surface area contributed by atoms with E-state index >= 15 is 0 Å². The van der Waals surface area contributed by atoms with Gasteiger partial charge in [0.1, 0.15) is 0 Å². The van der Waals surface area contributed by atoms with Crippen molar-refractivity contribution in [2.24, 2.45) is 0 Å². The van der Waals surface area contributed by atoms with Crippen molar-refractivity contribution in [3.63, 3.8) is 0 Å². The van der Waals surface area contributed by atoms with E-state index in [4.69, 9.17) is 15.2 Å². The minimum atomic E-state index is -4.24. The minimum Gasteiger partial charge on any atom is -0.344 e. The second kappa shape index (κ2) is 2.48. The van der Waals surface area contributed by atoms with Crippen LogP contribution in [0.1, 0.15) is 0 Å². The van der Waals surface area contributed by atoms with Crippen molar-refractivity contribution in [3.05, 3.63) is 0 Å². The smallest absolute Gasteiger partial charge is 0.344 e. The van der Waals surface area contributed by atoms with Gasteiger partial charge >= 0.3 is 7.75 Å². The lowest BCUT2D eigenvalue weighted by Crippen LogP contribution is -2.27. The van der Waals surface area contributed by atoms with Gasteiger partial charge in [0.25, 0.3) is 0 Å². The summed E-state index contributed by atoms with van der Waals surface area (Å²) in [6, 6.07) is 0. The summed E-state index contributed by atoms with van der Waals surface area (Å²) in [5.74, 6) is -0.113. The standard InChI is InChI=1S/C4H10N3O3P/c1-6-2-3-7(4(6)5)11(8,9)10/h5H,2-3H2,1H3,(H2,8,9,10). The first-order valence-corrected chi connectivity index (χ1v) is 4.62. The predicted octanol–water partition coefficient (Wildman–Crippen LogP) is -0.739. The molecule has 11 heavy (non-hydrogen) atoms. The SMILES string of the molecule is CN1CCN(P(=O)(O)O)C1=N. The van der Waals surface area contributed by atoms with Crippen LogP contribution in [0.3, 0.4) is 0 Å². The Balaban J connectivity index is 2.78. The molecule has 0 aromatic heterocycles. The Morgan fingerprint density at radius 1 is 1.55 bits per heavy atom. The molecule has 3 N–H and O–H groups in total. The van der Waals surface area contributed by atoms with Gasteiger partial charge in [0, 0.05) is 20.1 Å².